The first-order valence-electron chi connectivity index (χ1n) is 4.33. The van der Waals surface area contributed by atoms with Gasteiger partial charge >= 0.3 is 23.9 Å². The average Bonchev–Trinajstić information content (AvgIpc) is 2.16. The fourth-order valence-electron chi connectivity index (χ4n) is 0.505. The molecule has 6 N–H and O–H groups in total. The number of aliphatic hydroxyl groups excluding tert-OH is 2. The first-order chi connectivity index (χ1) is 8.07. The van der Waals surface area contributed by atoms with E-state index in [9.17, 15) is 19.2 Å². The predicted molar refractivity (Wildman–Crippen MR) is 51.8 cm³/mol. The van der Waals surface area contributed by atoms with Crippen LogP contribution in [0.15, 0.2) is 0 Å². The van der Waals surface area contributed by atoms with Crippen molar-refractivity contribution in [2.24, 2.45) is 0 Å². The first kappa shape index (κ1) is 22.5. The van der Waals surface area contributed by atoms with E-state index in [1.54, 1.807) is 0 Å². The number of aliphatic hydroxyl groups is 2. The first-order valence-corrected chi connectivity index (χ1v) is 4.33. The summed E-state index contributed by atoms with van der Waals surface area (Å²) in [6.07, 6.45) is -5.09. The van der Waals surface area contributed by atoms with Crippen molar-refractivity contribution in [2.45, 2.75) is 25.0 Å². The van der Waals surface area contributed by atoms with Gasteiger partial charge in [-0.15, -0.1) is 0 Å². The van der Waals surface area contributed by atoms with Crippen LogP contribution in [-0.4, -0.2) is 66.7 Å². The molecular weight excluding hydrogens is 320 g/mol. The monoisotopic (exact) mass is 331 g/mol. The fraction of sp³-hybridized carbons (Fsp3) is 0.500. The Morgan fingerprint density at radius 2 is 0.895 bits per heavy atom. The molecule has 0 fully saturated rings. The van der Waals surface area contributed by atoms with E-state index in [4.69, 9.17) is 30.6 Å². The third-order valence-electron chi connectivity index (χ3n) is 1.31. The Morgan fingerprint density at radius 3 is 0.947 bits per heavy atom. The zero-order valence-corrected chi connectivity index (χ0v) is 10.1. The van der Waals surface area contributed by atoms with Gasteiger partial charge in [-0.3, -0.25) is 9.59 Å². The van der Waals surface area contributed by atoms with Crippen molar-refractivity contribution in [1.29, 1.82) is 0 Å². The van der Waals surface area contributed by atoms with Crippen molar-refractivity contribution in [1.82, 2.24) is 0 Å². The van der Waals surface area contributed by atoms with E-state index in [-0.39, 0.29) is 17.1 Å². The molecule has 0 aliphatic rings. The Kier molecular flexibility index (Phi) is 13.5. The number of rotatable bonds is 6. The van der Waals surface area contributed by atoms with E-state index in [1.807, 2.05) is 0 Å². The van der Waals surface area contributed by atoms with Crippen LogP contribution in [0.4, 0.5) is 0 Å². The molecule has 0 aliphatic carbocycles. The normalized spacial score (nSPS) is 11.9. The fourth-order valence-corrected chi connectivity index (χ4v) is 0.505. The van der Waals surface area contributed by atoms with E-state index in [0.717, 1.165) is 0 Å². The molecule has 0 rings (SSSR count). The van der Waals surface area contributed by atoms with Gasteiger partial charge in [-0.1, -0.05) is 0 Å². The molecule has 0 saturated carbocycles. The summed E-state index contributed by atoms with van der Waals surface area (Å²) < 4.78 is 0. The Labute approximate surface area is 116 Å². The van der Waals surface area contributed by atoms with Crippen LogP contribution in [0, 0.1) is 0 Å². The average molecular weight is 332 g/mol. The summed E-state index contributed by atoms with van der Waals surface area (Å²) in [6, 6.07) is 0. The van der Waals surface area contributed by atoms with Crippen molar-refractivity contribution in [3.05, 3.63) is 0 Å². The minimum Gasteiger partial charge on any atom is -0.481 e. The smallest absolute Gasteiger partial charge is 0.333 e. The van der Waals surface area contributed by atoms with Crippen LogP contribution in [0.25, 0.3) is 0 Å². The van der Waals surface area contributed by atoms with Crippen molar-refractivity contribution in [3.8, 4) is 0 Å². The maximum Gasteiger partial charge on any atom is 0.333 e. The Balaban J connectivity index is -0.000000256. The van der Waals surface area contributed by atoms with Crippen LogP contribution in [0.2, 0.25) is 0 Å². The van der Waals surface area contributed by atoms with Crippen LogP contribution >= 0.6 is 0 Å². The molecule has 0 bridgehead atoms. The molecule has 2 unspecified atom stereocenters. The molecule has 2 atom stereocenters. The Morgan fingerprint density at radius 1 is 0.684 bits per heavy atom. The summed E-state index contributed by atoms with van der Waals surface area (Å²) in [5.74, 6) is -5.69. The maximum absolute atomic E-state index is 9.72. The molecule has 1 radical (unpaired) electrons. The quantitative estimate of drug-likeness (QED) is 0.291. The summed E-state index contributed by atoms with van der Waals surface area (Å²) in [4.78, 5) is 38.8. The van der Waals surface area contributed by atoms with Gasteiger partial charge in [-0.05, 0) is 0 Å². The maximum atomic E-state index is 9.72. The van der Waals surface area contributed by atoms with Crippen molar-refractivity contribution in [3.63, 3.8) is 0 Å². The number of aliphatic carboxylic acids is 4. The zero-order chi connectivity index (χ0) is 14.9. The van der Waals surface area contributed by atoms with Gasteiger partial charge in [0.2, 0.25) is 0 Å². The van der Waals surface area contributed by atoms with Gasteiger partial charge in [0.15, 0.2) is 12.2 Å². The Bertz CT molecular complexity index is 295. The van der Waals surface area contributed by atoms with Gasteiger partial charge in [0.25, 0.3) is 0 Å². The zero-order valence-electron chi connectivity index (χ0n) is 9.19. The van der Waals surface area contributed by atoms with E-state index in [2.05, 4.69) is 0 Å². The third-order valence-corrected chi connectivity index (χ3v) is 1.31. The van der Waals surface area contributed by atoms with Gasteiger partial charge in [0, 0.05) is 17.1 Å². The van der Waals surface area contributed by atoms with Gasteiger partial charge in [-0.25, -0.2) is 9.59 Å². The minimum absolute atomic E-state index is 0. The summed E-state index contributed by atoms with van der Waals surface area (Å²) in [6.45, 7) is 0. The summed E-state index contributed by atoms with van der Waals surface area (Å²) >= 11 is 0. The van der Waals surface area contributed by atoms with Crippen LogP contribution in [0.5, 0.6) is 0 Å². The second-order valence-corrected chi connectivity index (χ2v) is 2.90. The van der Waals surface area contributed by atoms with Gasteiger partial charge < -0.3 is 30.6 Å². The van der Waals surface area contributed by atoms with E-state index in [1.165, 1.54) is 0 Å². The van der Waals surface area contributed by atoms with E-state index >= 15 is 0 Å². The molecule has 10 nitrogen and oxygen atoms in total. The number of hydrogen-bond acceptors (Lipinski definition) is 6. The molecule has 0 saturated heterocycles. The van der Waals surface area contributed by atoms with Crippen LogP contribution in [0.3, 0.4) is 0 Å². The number of carboxylic acids is 4. The van der Waals surface area contributed by atoms with Gasteiger partial charge in [0.05, 0.1) is 12.8 Å². The number of hydrogen-bond donors (Lipinski definition) is 6. The molecule has 115 valence electrons. The predicted octanol–water partition coefficient (Wildman–Crippen LogP) is -2.19. The van der Waals surface area contributed by atoms with Crippen molar-refractivity contribution < 1.29 is 66.9 Å². The topological polar surface area (TPSA) is 190 Å². The molecular formula is C8H12CuO10. The van der Waals surface area contributed by atoms with Crippen molar-refractivity contribution >= 4 is 23.9 Å². The molecule has 0 heterocycles. The molecule has 0 aromatic heterocycles. The second-order valence-electron chi connectivity index (χ2n) is 2.90. The van der Waals surface area contributed by atoms with E-state index < -0.39 is 48.9 Å². The molecule has 19 heavy (non-hydrogen) atoms. The summed E-state index contributed by atoms with van der Waals surface area (Å²) in [5, 5.41) is 48.3. The SMILES string of the molecule is O=C(O)CC(O)C(=O)O.O=C(O)CC(O)C(=O)O.[Cu]. The standard InChI is InChI=1S/2C4H6O5.Cu/c2*5-2(4(8)9)1-3(6)7;/h2*2,5H,1H2,(H,6,7)(H,8,9);. The molecule has 0 aromatic rings. The molecule has 0 amide bonds. The van der Waals surface area contributed by atoms with Gasteiger partial charge in [-0.2, -0.15) is 0 Å². The van der Waals surface area contributed by atoms with Crippen molar-refractivity contribution in [2.75, 3.05) is 0 Å². The minimum atomic E-state index is -1.79. The molecule has 0 aromatic carbocycles. The summed E-state index contributed by atoms with van der Waals surface area (Å²) in [7, 11) is 0. The molecule has 0 spiro atoms. The van der Waals surface area contributed by atoms with Crippen LogP contribution in [0.1, 0.15) is 12.8 Å². The third kappa shape index (κ3) is 16.3. The summed E-state index contributed by atoms with van der Waals surface area (Å²) in [5.41, 5.74) is 0. The largest absolute Gasteiger partial charge is 0.481 e. The second kappa shape index (κ2) is 11.4. The molecule has 0 aliphatic heterocycles. The Hall–Kier alpha value is -1.68. The van der Waals surface area contributed by atoms with E-state index in [0.29, 0.717) is 0 Å². The number of carbonyl (C=O) groups is 4. The van der Waals surface area contributed by atoms with Crippen LogP contribution in [-0.2, 0) is 36.2 Å². The number of carboxylic acid groups (broad SMARTS) is 4. The molecule has 11 heteroatoms. The van der Waals surface area contributed by atoms with Gasteiger partial charge in [0.1, 0.15) is 0 Å². The van der Waals surface area contributed by atoms with Crippen LogP contribution < -0.4 is 0 Å².